The van der Waals surface area contributed by atoms with E-state index in [1.54, 1.807) is 0 Å². The minimum absolute atomic E-state index is 0.0448. The number of carbonyl (C=O) groups excluding carboxylic acids is 1. The van der Waals surface area contributed by atoms with Gasteiger partial charge in [-0.2, -0.15) is 0 Å². The van der Waals surface area contributed by atoms with Gasteiger partial charge in [0.1, 0.15) is 4.91 Å². The minimum atomic E-state index is -1.90. The highest BCUT2D eigenvalue weighted by atomic mass is 32.2. The third-order valence-electron chi connectivity index (χ3n) is 3.38. The molecule has 0 aromatic heterocycles. The zero-order valence-electron chi connectivity index (χ0n) is 11.9. The lowest BCUT2D eigenvalue weighted by Gasteiger charge is -2.19. The Bertz CT molecular complexity index is 940. The zero-order valence-corrected chi connectivity index (χ0v) is 12.7. The second kappa shape index (κ2) is 5.97. The number of carbonyl (C=O) groups is 2. The van der Waals surface area contributed by atoms with Crippen LogP contribution in [0.2, 0.25) is 0 Å². The summed E-state index contributed by atoms with van der Waals surface area (Å²) in [6.45, 7) is 0. The smallest absolute Gasteiger partial charge is 0.335 e. The molecule has 0 spiro atoms. The van der Waals surface area contributed by atoms with Crippen molar-refractivity contribution in [3.63, 3.8) is 0 Å². The maximum Gasteiger partial charge on any atom is 0.335 e. The van der Waals surface area contributed by atoms with E-state index in [0.717, 1.165) is 12.1 Å². The van der Waals surface area contributed by atoms with Crippen LogP contribution in [0.4, 0.5) is 14.5 Å². The molecule has 1 heterocycles. The third kappa shape index (κ3) is 2.83. The number of halogens is 2. The number of fused-ring (bicyclic) bond motifs is 1. The van der Waals surface area contributed by atoms with Crippen molar-refractivity contribution in [3.8, 4) is 0 Å². The van der Waals surface area contributed by atoms with Crippen molar-refractivity contribution >= 4 is 34.5 Å². The molecule has 0 radical (unpaired) electrons. The summed E-state index contributed by atoms with van der Waals surface area (Å²) in [6.07, 6.45) is 1.17. The van der Waals surface area contributed by atoms with Crippen LogP contribution in [0.1, 0.15) is 26.3 Å². The number of nitrogens with one attached hydrogen (secondary N) is 1. The molecule has 1 aliphatic rings. The number of benzene rings is 2. The van der Waals surface area contributed by atoms with Gasteiger partial charge in [0.05, 0.1) is 11.3 Å². The number of carboxylic acids is 1. The number of hydrogen-bond acceptors (Lipinski definition) is 3. The van der Waals surface area contributed by atoms with Crippen LogP contribution in [0.5, 0.6) is 0 Å². The Morgan fingerprint density at radius 2 is 1.88 bits per heavy atom. The number of allylic oxidation sites excluding steroid dienone is 1. The normalized spacial score (nSPS) is 18.2. The van der Waals surface area contributed by atoms with Crippen LogP contribution in [-0.4, -0.2) is 21.1 Å². The SMILES string of the molecule is O=C(O)c1ccc2c(c1)C(=O)/C(=C\c1ccc(F)c(F)c1)S(=O)N2. The van der Waals surface area contributed by atoms with Gasteiger partial charge in [-0.15, -0.1) is 0 Å². The van der Waals surface area contributed by atoms with Crippen LogP contribution in [0.15, 0.2) is 41.3 Å². The number of anilines is 1. The third-order valence-corrected chi connectivity index (χ3v) is 4.49. The molecule has 2 aromatic rings. The molecule has 24 heavy (non-hydrogen) atoms. The predicted molar refractivity (Wildman–Crippen MR) is 83.8 cm³/mol. The fourth-order valence-electron chi connectivity index (χ4n) is 2.20. The van der Waals surface area contributed by atoms with E-state index in [4.69, 9.17) is 5.11 Å². The van der Waals surface area contributed by atoms with Gasteiger partial charge in [0.2, 0.25) is 5.78 Å². The molecule has 0 fully saturated rings. The lowest BCUT2D eigenvalue weighted by Crippen LogP contribution is -2.23. The van der Waals surface area contributed by atoms with Gasteiger partial charge in [-0.25, -0.2) is 17.8 Å². The van der Waals surface area contributed by atoms with Crippen molar-refractivity contribution in [2.75, 3.05) is 4.72 Å². The Hall–Kier alpha value is -2.87. The molecule has 0 aliphatic carbocycles. The van der Waals surface area contributed by atoms with Crippen molar-refractivity contribution in [2.45, 2.75) is 0 Å². The molecule has 122 valence electrons. The molecule has 1 aliphatic heterocycles. The molecule has 1 atom stereocenters. The fraction of sp³-hybridized carbons (Fsp3) is 0. The van der Waals surface area contributed by atoms with Crippen LogP contribution in [0.3, 0.4) is 0 Å². The molecular formula is C16H9F2NO4S. The maximum atomic E-state index is 13.3. The minimum Gasteiger partial charge on any atom is -0.478 e. The van der Waals surface area contributed by atoms with Crippen molar-refractivity contribution in [1.82, 2.24) is 0 Å². The van der Waals surface area contributed by atoms with Crippen LogP contribution in [-0.2, 0) is 11.0 Å². The first kappa shape index (κ1) is 16.0. The molecule has 5 nitrogen and oxygen atoms in total. The van der Waals surface area contributed by atoms with Crippen LogP contribution < -0.4 is 4.72 Å². The van der Waals surface area contributed by atoms with Gasteiger partial charge in [-0.1, -0.05) is 6.07 Å². The maximum absolute atomic E-state index is 13.3. The number of carboxylic acid groups (broad SMARTS) is 1. The molecule has 0 amide bonds. The summed E-state index contributed by atoms with van der Waals surface area (Å²) in [5.41, 5.74) is 0.350. The first-order valence-electron chi connectivity index (χ1n) is 6.64. The van der Waals surface area contributed by atoms with Crippen LogP contribution >= 0.6 is 0 Å². The summed E-state index contributed by atoms with van der Waals surface area (Å²) in [4.78, 5) is 23.3. The van der Waals surface area contributed by atoms with Crippen molar-refractivity contribution in [2.24, 2.45) is 0 Å². The highest BCUT2D eigenvalue weighted by molar-refractivity contribution is 7.91. The van der Waals surface area contributed by atoms with Gasteiger partial charge in [0, 0.05) is 5.56 Å². The Morgan fingerprint density at radius 1 is 1.12 bits per heavy atom. The lowest BCUT2D eigenvalue weighted by molar-refractivity contribution is 0.0697. The number of aromatic carboxylic acids is 1. The Kier molecular flexibility index (Phi) is 3.98. The summed E-state index contributed by atoms with van der Waals surface area (Å²) in [5.74, 6) is -3.99. The summed E-state index contributed by atoms with van der Waals surface area (Å²) >= 11 is 0. The summed E-state index contributed by atoms with van der Waals surface area (Å²) in [7, 11) is -1.90. The van der Waals surface area contributed by atoms with E-state index in [1.165, 1.54) is 30.3 Å². The molecule has 0 saturated carbocycles. The van der Waals surface area contributed by atoms with Gasteiger partial charge < -0.3 is 9.83 Å². The van der Waals surface area contributed by atoms with E-state index in [1.807, 2.05) is 0 Å². The first-order valence-corrected chi connectivity index (χ1v) is 7.79. The Labute approximate surface area is 137 Å². The largest absolute Gasteiger partial charge is 0.478 e. The van der Waals surface area contributed by atoms with Crippen molar-refractivity contribution in [1.29, 1.82) is 0 Å². The molecule has 2 aromatic carbocycles. The van der Waals surface area contributed by atoms with Gasteiger partial charge in [-0.3, -0.25) is 4.79 Å². The van der Waals surface area contributed by atoms with Gasteiger partial charge in [0.15, 0.2) is 22.6 Å². The number of ketones is 1. The standard InChI is InChI=1S/C16H9F2NO4S/c17-11-3-1-8(5-12(11)18)6-14-15(20)10-7-9(16(21)22)2-4-13(10)19-24(14)23/h1-7,19H,(H,21,22)/b14-6+. The summed E-state index contributed by atoms with van der Waals surface area (Å²) < 4.78 is 41.0. The second-order valence-electron chi connectivity index (χ2n) is 4.95. The molecule has 3 rings (SSSR count). The van der Waals surface area contributed by atoms with Crippen LogP contribution in [0.25, 0.3) is 6.08 Å². The topological polar surface area (TPSA) is 83.5 Å². The highest BCUT2D eigenvalue weighted by Crippen LogP contribution is 2.29. The average Bonchev–Trinajstić information content (AvgIpc) is 2.54. The summed E-state index contributed by atoms with van der Waals surface area (Å²) in [6, 6.07) is 6.80. The lowest BCUT2D eigenvalue weighted by atomic mass is 10.0. The van der Waals surface area contributed by atoms with E-state index in [9.17, 15) is 22.6 Å². The van der Waals surface area contributed by atoms with Gasteiger partial charge in [-0.05, 0) is 42.0 Å². The average molecular weight is 349 g/mol. The predicted octanol–water partition coefficient (Wildman–Crippen LogP) is 2.98. The Balaban J connectivity index is 2.07. The molecule has 0 bridgehead atoms. The van der Waals surface area contributed by atoms with Gasteiger partial charge in [0.25, 0.3) is 0 Å². The summed E-state index contributed by atoms with van der Waals surface area (Å²) in [5, 5.41) is 9.00. The number of Topliss-reactive ketones (excluding diaryl/α,β-unsaturated/α-hetero) is 1. The molecule has 8 heteroatoms. The van der Waals surface area contributed by atoms with E-state index in [-0.39, 0.29) is 27.3 Å². The monoisotopic (exact) mass is 349 g/mol. The molecule has 2 N–H and O–H groups in total. The highest BCUT2D eigenvalue weighted by Gasteiger charge is 2.28. The second-order valence-corrected chi connectivity index (χ2v) is 6.13. The van der Waals surface area contributed by atoms with E-state index < -0.39 is 34.4 Å². The molecule has 1 unspecified atom stereocenters. The van der Waals surface area contributed by atoms with E-state index in [0.29, 0.717) is 0 Å². The Morgan fingerprint density at radius 3 is 2.54 bits per heavy atom. The van der Waals surface area contributed by atoms with Crippen molar-refractivity contribution < 1.29 is 27.7 Å². The van der Waals surface area contributed by atoms with E-state index >= 15 is 0 Å². The van der Waals surface area contributed by atoms with Gasteiger partial charge >= 0.3 is 5.97 Å². The molecule has 0 saturated heterocycles. The number of rotatable bonds is 2. The first-order chi connectivity index (χ1) is 11.4. The number of hydrogen-bond donors (Lipinski definition) is 2. The quantitative estimate of drug-likeness (QED) is 0.817. The fourth-order valence-corrected chi connectivity index (χ4v) is 3.21. The zero-order chi connectivity index (χ0) is 17.4. The molecular weight excluding hydrogens is 340 g/mol. The van der Waals surface area contributed by atoms with Crippen molar-refractivity contribution in [3.05, 3.63) is 69.6 Å². The van der Waals surface area contributed by atoms with E-state index in [2.05, 4.69) is 4.72 Å². The van der Waals surface area contributed by atoms with Crippen LogP contribution in [0, 0.1) is 11.6 Å².